The predicted molar refractivity (Wildman–Crippen MR) is 31.8 cm³/mol. The number of amides is 1. The Hall–Kier alpha value is -0.990. The number of hydrogen-bond donors (Lipinski definition) is 2. The van der Waals surface area contributed by atoms with E-state index >= 15 is 0 Å². The molecule has 0 aliphatic rings. The Labute approximate surface area is 48.4 Å². The lowest BCUT2D eigenvalue weighted by Gasteiger charge is -1.94. The Morgan fingerprint density at radius 3 is 1.62 bits per heavy atom. The van der Waals surface area contributed by atoms with Crippen LogP contribution in [0.5, 0.6) is 0 Å². The van der Waals surface area contributed by atoms with E-state index in [1.807, 2.05) is 0 Å². The number of rotatable bonds is 1. The van der Waals surface area contributed by atoms with Gasteiger partial charge in [0.2, 0.25) is 5.91 Å². The summed E-state index contributed by atoms with van der Waals surface area (Å²) >= 11 is 0. The molecule has 4 N–H and O–H groups in total. The molecule has 0 fully saturated rings. The molecule has 0 rings (SSSR count). The largest absolute Gasteiger partial charge is 0.402 e. The monoisotopic (exact) mass is 114 g/mol. The summed E-state index contributed by atoms with van der Waals surface area (Å²) in [5, 5.41) is 0. The van der Waals surface area contributed by atoms with Crippen LogP contribution in [0.4, 0.5) is 0 Å². The van der Waals surface area contributed by atoms with Gasteiger partial charge < -0.3 is 11.5 Å². The third-order valence-corrected chi connectivity index (χ3v) is 0.961. The number of carbonyl (C=O) groups is 1. The number of allylic oxidation sites excluding steroid dienone is 1. The summed E-state index contributed by atoms with van der Waals surface area (Å²) in [7, 11) is 0. The predicted octanol–water partition coefficient (Wildman–Crippen LogP) is -0.276. The number of nitrogens with two attached hydrogens (primary N) is 2. The molecule has 0 unspecified atom stereocenters. The molecule has 46 valence electrons. The summed E-state index contributed by atoms with van der Waals surface area (Å²) in [6.07, 6.45) is 0. The van der Waals surface area contributed by atoms with Crippen LogP contribution in [0.2, 0.25) is 0 Å². The van der Waals surface area contributed by atoms with Gasteiger partial charge in [-0.2, -0.15) is 0 Å². The second kappa shape index (κ2) is 2.35. The van der Waals surface area contributed by atoms with Gasteiger partial charge in [-0.15, -0.1) is 0 Å². The molecule has 0 radical (unpaired) electrons. The molecular formula is C5H10N2O. The number of carbonyl (C=O) groups excluding carboxylic acids is 1. The molecule has 0 atom stereocenters. The maximum atomic E-state index is 10.2. The first-order chi connectivity index (χ1) is 3.55. The Morgan fingerprint density at radius 2 is 1.62 bits per heavy atom. The highest BCUT2D eigenvalue weighted by Crippen LogP contribution is 1.92. The minimum atomic E-state index is -0.454. The van der Waals surface area contributed by atoms with Gasteiger partial charge in [0.25, 0.3) is 0 Å². The third kappa shape index (κ3) is 1.64. The molecule has 0 saturated carbocycles. The van der Waals surface area contributed by atoms with Crippen LogP contribution in [0.25, 0.3) is 0 Å². The zero-order valence-electron chi connectivity index (χ0n) is 5.06. The van der Waals surface area contributed by atoms with E-state index in [-0.39, 0.29) is 0 Å². The van der Waals surface area contributed by atoms with Gasteiger partial charge >= 0.3 is 0 Å². The first kappa shape index (κ1) is 7.01. The van der Waals surface area contributed by atoms with Gasteiger partial charge in [-0.25, -0.2) is 0 Å². The minimum absolute atomic E-state index is 0.435. The average molecular weight is 114 g/mol. The Morgan fingerprint density at radius 1 is 1.25 bits per heavy atom. The van der Waals surface area contributed by atoms with E-state index in [1.54, 1.807) is 13.8 Å². The van der Waals surface area contributed by atoms with Crippen LogP contribution in [0.1, 0.15) is 13.8 Å². The summed E-state index contributed by atoms with van der Waals surface area (Å²) in [6.45, 7) is 3.23. The van der Waals surface area contributed by atoms with Crippen molar-refractivity contribution in [1.82, 2.24) is 0 Å². The molecule has 0 aromatic carbocycles. The quantitative estimate of drug-likeness (QED) is 0.460. The van der Waals surface area contributed by atoms with Crippen molar-refractivity contribution >= 4 is 5.91 Å². The fourth-order valence-electron chi connectivity index (χ4n) is 0.194. The van der Waals surface area contributed by atoms with E-state index in [4.69, 9.17) is 11.5 Å². The summed E-state index contributed by atoms with van der Waals surface area (Å²) in [6, 6.07) is 0. The maximum Gasteiger partial charge on any atom is 0.246 e. The molecule has 0 bridgehead atoms. The molecule has 8 heavy (non-hydrogen) atoms. The lowest BCUT2D eigenvalue weighted by Crippen LogP contribution is -2.15. The summed E-state index contributed by atoms with van der Waals surface area (Å²) in [4.78, 5) is 10.2. The van der Waals surface area contributed by atoms with E-state index in [9.17, 15) is 4.79 Å². The van der Waals surface area contributed by atoms with E-state index in [0.29, 0.717) is 11.3 Å². The second-order valence-corrected chi connectivity index (χ2v) is 1.67. The number of primary amides is 1. The first-order valence-electron chi connectivity index (χ1n) is 2.28. The van der Waals surface area contributed by atoms with Crippen LogP contribution in [-0.4, -0.2) is 5.91 Å². The van der Waals surface area contributed by atoms with Crippen molar-refractivity contribution in [2.24, 2.45) is 11.5 Å². The van der Waals surface area contributed by atoms with E-state index < -0.39 is 5.91 Å². The van der Waals surface area contributed by atoms with Crippen molar-refractivity contribution in [1.29, 1.82) is 0 Å². The van der Waals surface area contributed by atoms with Gasteiger partial charge in [0.15, 0.2) is 0 Å². The number of hydrogen-bond acceptors (Lipinski definition) is 2. The topological polar surface area (TPSA) is 69.1 Å². The van der Waals surface area contributed by atoms with Crippen molar-refractivity contribution in [3.63, 3.8) is 0 Å². The Balaban J connectivity index is 4.23. The highest BCUT2D eigenvalue weighted by atomic mass is 16.1. The van der Waals surface area contributed by atoms with Crippen LogP contribution in [0.3, 0.4) is 0 Å². The second-order valence-electron chi connectivity index (χ2n) is 1.67. The SMILES string of the molecule is C/C(N)=C(/C)C(N)=O. The molecule has 0 aliphatic heterocycles. The molecule has 3 heteroatoms. The van der Waals surface area contributed by atoms with Gasteiger partial charge in [0.1, 0.15) is 0 Å². The van der Waals surface area contributed by atoms with Gasteiger partial charge in [0.05, 0.1) is 0 Å². The van der Waals surface area contributed by atoms with Gasteiger partial charge in [-0.3, -0.25) is 4.79 Å². The third-order valence-electron chi connectivity index (χ3n) is 0.961. The molecular weight excluding hydrogens is 104 g/mol. The highest BCUT2D eigenvalue weighted by Gasteiger charge is 1.97. The van der Waals surface area contributed by atoms with Gasteiger partial charge in [0, 0.05) is 11.3 Å². The lowest BCUT2D eigenvalue weighted by molar-refractivity contribution is -0.114. The van der Waals surface area contributed by atoms with Crippen molar-refractivity contribution < 1.29 is 4.79 Å². The molecule has 0 spiro atoms. The van der Waals surface area contributed by atoms with Crippen molar-refractivity contribution in [3.8, 4) is 0 Å². The lowest BCUT2D eigenvalue weighted by atomic mass is 10.2. The zero-order chi connectivity index (χ0) is 6.73. The molecule has 1 amide bonds. The summed E-state index contributed by atoms with van der Waals surface area (Å²) < 4.78 is 0. The standard InChI is InChI=1S/C5H10N2O/c1-3(4(2)6)5(7)8/h6H2,1-2H3,(H2,7,8)/b4-3+. The van der Waals surface area contributed by atoms with Gasteiger partial charge in [-0.1, -0.05) is 0 Å². The normalized spacial score (nSPS) is 12.8. The fraction of sp³-hybridized carbons (Fsp3) is 0.400. The Kier molecular flexibility index (Phi) is 2.06. The van der Waals surface area contributed by atoms with Crippen LogP contribution in [0.15, 0.2) is 11.3 Å². The van der Waals surface area contributed by atoms with Crippen LogP contribution >= 0.6 is 0 Å². The first-order valence-corrected chi connectivity index (χ1v) is 2.28. The van der Waals surface area contributed by atoms with Crippen molar-refractivity contribution in [3.05, 3.63) is 11.3 Å². The molecule has 0 aliphatic carbocycles. The summed E-state index contributed by atoms with van der Waals surface area (Å²) in [5.74, 6) is -0.454. The van der Waals surface area contributed by atoms with Crippen LogP contribution in [0, 0.1) is 0 Å². The molecule has 0 saturated heterocycles. The average Bonchev–Trinajstić information content (AvgIpc) is 1.64. The Bertz CT molecular complexity index is 133. The summed E-state index contributed by atoms with van der Waals surface area (Å²) in [5.41, 5.74) is 11.0. The maximum absolute atomic E-state index is 10.2. The fourth-order valence-corrected chi connectivity index (χ4v) is 0.194. The van der Waals surface area contributed by atoms with Crippen LogP contribution < -0.4 is 11.5 Å². The molecule has 0 heterocycles. The zero-order valence-corrected chi connectivity index (χ0v) is 5.06. The van der Waals surface area contributed by atoms with Crippen molar-refractivity contribution in [2.75, 3.05) is 0 Å². The van der Waals surface area contributed by atoms with Crippen LogP contribution in [-0.2, 0) is 4.79 Å². The highest BCUT2D eigenvalue weighted by molar-refractivity contribution is 5.91. The molecule has 0 aromatic rings. The molecule has 3 nitrogen and oxygen atoms in total. The minimum Gasteiger partial charge on any atom is -0.402 e. The van der Waals surface area contributed by atoms with Gasteiger partial charge in [-0.05, 0) is 13.8 Å². The van der Waals surface area contributed by atoms with Crippen molar-refractivity contribution in [2.45, 2.75) is 13.8 Å². The smallest absolute Gasteiger partial charge is 0.246 e. The molecule has 0 aromatic heterocycles. The van der Waals surface area contributed by atoms with E-state index in [0.717, 1.165) is 0 Å². The van der Waals surface area contributed by atoms with E-state index in [2.05, 4.69) is 0 Å². The van der Waals surface area contributed by atoms with E-state index in [1.165, 1.54) is 0 Å².